The number of piperazine rings is 1. The Kier molecular flexibility index (Phi) is 7.22. The van der Waals surface area contributed by atoms with E-state index in [0.29, 0.717) is 50.7 Å². The molecule has 1 fully saturated rings. The van der Waals surface area contributed by atoms with Crippen molar-refractivity contribution in [3.8, 4) is 0 Å². The van der Waals surface area contributed by atoms with Gasteiger partial charge in [0.15, 0.2) is 0 Å². The molecule has 1 amide bonds. The van der Waals surface area contributed by atoms with Crippen LogP contribution in [0.1, 0.15) is 16.8 Å². The number of carbonyl (C=O) groups is 1. The van der Waals surface area contributed by atoms with Gasteiger partial charge in [-0.1, -0.05) is 0 Å². The van der Waals surface area contributed by atoms with Crippen LogP contribution in [0.25, 0.3) is 0 Å². The molecule has 1 aliphatic heterocycles. The van der Waals surface area contributed by atoms with Crippen LogP contribution in [-0.2, 0) is 10.0 Å². The van der Waals surface area contributed by atoms with Crippen molar-refractivity contribution in [1.29, 1.82) is 0 Å². The van der Waals surface area contributed by atoms with E-state index in [2.05, 4.69) is 15.3 Å². The second-order valence-corrected chi connectivity index (χ2v) is 9.39. The fourth-order valence-corrected chi connectivity index (χ4v) is 4.71. The van der Waals surface area contributed by atoms with Crippen LogP contribution in [0.2, 0.25) is 0 Å². The topological polar surface area (TPSA) is 98.7 Å². The van der Waals surface area contributed by atoms with Crippen LogP contribution < -0.4 is 15.1 Å². The molecule has 1 aromatic carbocycles. The highest BCUT2D eigenvalue weighted by Crippen LogP contribution is 2.14. The minimum atomic E-state index is -3.36. The first kappa shape index (κ1) is 22.0. The highest BCUT2D eigenvalue weighted by Gasteiger charge is 2.27. The third kappa shape index (κ3) is 5.67. The summed E-state index contributed by atoms with van der Waals surface area (Å²) in [5.74, 6) is 0.430. The van der Waals surface area contributed by atoms with Crippen LogP contribution in [0.3, 0.4) is 0 Å². The summed E-state index contributed by atoms with van der Waals surface area (Å²) in [5, 5.41) is 2.79. The Bertz CT molecular complexity index is 927. The summed E-state index contributed by atoms with van der Waals surface area (Å²) in [5.41, 5.74) is 1.57. The predicted octanol–water partition coefficient (Wildman–Crippen LogP) is 0.815. The minimum absolute atomic E-state index is 0.00862. The largest absolute Gasteiger partial charge is 0.378 e. The molecule has 0 aliphatic carbocycles. The third-order valence-electron chi connectivity index (χ3n) is 4.98. The lowest BCUT2D eigenvalue weighted by Gasteiger charge is -2.33. The van der Waals surface area contributed by atoms with E-state index in [-0.39, 0.29) is 11.7 Å². The second-order valence-electron chi connectivity index (χ2n) is 7.30. The first-order chi connectivity index (χ1) is 14.4. The molecule has 3 rings (SSSR count). The Morgan fingerprint density at radius 3 is 2.30 bits per heavy atom. The van der Waals surface area contributed by atoms with Gasteiger partial charge in [-0.05, 0) is 36.8 Å². The summed E-state index contributed by atoms with van der Waals surface area (Å²) in [6.07, 6.45) is 3.72. The number of carbonyl (C=O) groups excluding carboxylic acids is 1. The van der Waals surface area contributed by atoms with Gasteiger partial charge in [-0.15, -0.1) is 0 Å². The molecular formula is C20H28N6O3S. The van der Waals surface area contributed by atoms with Gasteiger partial charge in [0.2, 0.25) is 16.0 Å². The molecule has 30 heavy (non-hydrogen) atoms. The molecule has 0 saturated carbocycles. The molecule has 0 radical (unpaired) electrons. The molecule has 0 unspecified atom stereocenters. The lowest BCUT2D eigenvalue weighted by molar-refractivity contribution is 0.0953. The SMILES string of the molecule is CN(C)c1ccc(C(=O)NCCCS(=O)(=O)N2CCN(c3ncccn3)CC2)cc1. The maximum absolute atomic E-state index is 12.6. The molecule has 10 heteroatoms. The van der Waals surface area contributed by atoms with E-state index in [1.807, 2.05) is 36.0 Å². The molecule has 0 atom stereocenters. The molecule has 1 N–H and O–H groups in total. The molecular weight excluding hydrogens is 404 g/mol. The van der Waals surface area contributed by atoms with Crippen LogP contribution in [0.15, 0.2) is 42.7 Å². The van der Waals surface area contributed by atoms with Gasteiger partial charge in [0.05, 0.1) is 5.75 Å². The fraction of sp³-hybridized carbons (Fsp3) is 0.450. The summed E-state index contributed by atoms with van der Waals surface area (Å²) in [6, 6.07) is 9.02. The molecule has 0 spiro atoms. The zero-order chi connectivity index (χ0) is 21.6. The zero-order valence-corrected chi connectivity index (χ0v) is 18.2. The molecule has 1 saturated heterocycles. The van der Waals surface area contributed by atoms with Gasteiger partial charge in [-0.25, -0.2) is 18.4 Å². The minimum Gasteiger partial charge on any atom is -0.378 e. The average molecular weight is 433 g/mol. The first-order valence-corrected chi connectivity index (χ1v) is 11.5. The number of rotatable bonds is 8. The van der Waals surface area contributed by atoms with Gasteiger partial charge in [0.1, 0.15) is 0 Å². The summed E-state index contributed by atoms with van der Waals surface area (Å²) in [6.45, 7) is 2.24. The maximum atomic E-state index is 12.6. The maximum Gasteiger partial charge on any atom is 0.251 e. The van der Waals surface area contributed by atoms with Crippen molar-refractivity contribution in [2.75, 3.05) is 62.4 Å². The fourth-order valence-electron chi connectivity index (χ4n) is 3.22. The average Bonchev–Trinajstić information content (AvgIpc) is 2.77. The Balaban J connectivity index is 1.41. The van der Waals surface area contributed by atoms with Gasteiger partial charge >= 0.3 is 0 Å². The second kappa shape index (κ2) is 9.86. The van der Waals surface area contributed by atoms with Crippen LogP contribution in [0, 0.1) is 0 Å². The highest BCUT2D eigenvalue weighted by molar-refractivity contribution is 7.89. The van der Waals surface area contributed by atoms with E-state index in [4.69, 9.17) is 0 Å². The lowest BCUT2D eigenvalue weighted by atomic mass is 10.2. The Morgan fingerprint density at radius 2 is 1.70 bits per heavy atom. The van der Waals surface area contributed by atoms with Crippen LogP contribution >= 0.6 is 0 Å². The van der Waals surface area contributed by atoms with E-state index in [9.17, 15) is 13.2 Å². The van der Waals surface area contributed by atoms with Crippen molar-refractivity contribution in [3.63, 3.8) is 0 Å². The van der Waals surface area contributed by atoms with E-state index in [1.165, 1.54) is 4.31 Å². The first-order valence-electron chi connectivity index (χ1n) is 9.92. The van der Waals surface area contributed by atoms with Gasteiger partial charge in [-0.3, -0.25) is 4.79 Å². The number of sulfonamides is 1. The van der Waals surface area contributed by atoms with Gasteiger partial charge in [0.25, 0.3) is 5.91 Å². The van der Waals surface area contributed by atoms with E-state index in [1.54, 1.807) is 30.6 Å². The van der Waals surface area contributed by atoms with Crippen LogP contribution in [-0.4, -0.2) is 81.2 Å². The standard InChI is InChI=1S/C20H28N6O3S/c1-24(2)18-7-5-17(6-8-18)19(27)21-11-4-16-30(28,29)26-14-12-25(13-15-26)20-22-9-3-10-23-20/h3,5-10H,4,11-16H2,1-2H3,(H,21,27). The molecule has 9 nitrogen and oxygen atoms in total. The summed E-state index contributed by atoms with van der Waals surface area (Å²) in [4.78, 5) is 24.6. The Hall–Kier alpha value is -2.72. The lowest BCUT2D eigenvalue weighted by Crippen LogP contribution is -2.49. The monoisotopic (exact) mass is 432 g/mol. The number of nitrogens with zero attached hydrogens (tertiary/aromatic N) is 5. The molecule has 0 bridgehead atoms. The highest BCUT2D eigenvalue weighted by atomic mass is 32.2. The van der Waals surface area contributed by atoms with E-state index >= 15 is 0 Å². The summed E-state index contributed by atoms with van der Waals surface area (Å²) in [7, 11) is 0.513. The third-order valence-corrected chi connectivity index (χ3v) is 6.93. The number of amides is 1. The van der Waals surface area contributed by atoms with Crippen molar-refractivity contribution in [1.82, 2.24) is 19.6 Å². The predicted molar refractivity (Wildman–Crippen MR) is 117 cm³/mol. The quantitative estimate of drug-likeness (QED) is 0.617. The van der Waals surface area contributed by atoms with E-state index in [0.717, 1.165) is 5.69 Å². The van der Waals surface area contributed by atoms with Gasteiger partial charge in [0, 0.05) is 70.5 Å². The van der Waals surface area contributed by atoms with Gasteiger partial charge < -0.3 is 15.1 Å². The summed E-state index contributed by atoms with van der Waals surface area (Å²) >= 11 is 0. The van der Waals surface area contributed by atoms with Crippen molar-refractivity contribution in [2.24, 2.45) is 0 Å². The molecule has 162 valence electrons. The Morgan fingerprint density at radius 1 is 1.07 bits per heavy atom. The van der Waals surface area contributed by atoms with Gasteiger partial charge in [-0.2, -0.15) is 4.31 Å². The number of nitrogens with one attached hydrogen (secondary N) is 1. The van der Waals surface area contributed by atoms with Crippen molar-refractivity contribution < 1.29 is 13.2 Å². The smallest absolute Gasteiger partial charge is 0.251 e. The van der Waals surface area contributed by atoms with Crippen molar-refractivity contribution >= 4 is 27.6 Å². The molecule has 1 aromatic heterocycles. The molecule has 2 aromatic rings. The van der Waals surface area contributed by atoms with Crippen LogP contribution in [0.4, 0.5) is 11.6 Å². The molecule has 2 heterocycles. The van der Waals surface area contributed by atoms with Crippen LogP contribution in [0.5, 0.6) is 0 Å². The van der Waals surface area contributed by atoms with Crippen molar-refractivity contribution in [2.45, 2.75) is 6.42 Å². The number of aromatic nitrogens is 2. The van der Waals surface area contributed by atoms with Crippen molar-refractivity contribution in [3.05, 3.63) is 48.3 Å². The number of hydrogen-bond acceptors (Lipinski definition) is 7. The van der Waals surface area contributed by atoms with E-state index < -0.39 is 10.0 Å². The molecule has 1 aliphatic rings. The normalized spacial score (nSPS) is 15.1. The number of anilines is 2. The Labute approximate surface area is 177 Å². The summed E-state index contributed by atoms with van der Waals surface area (Å²) < 4.78 is 26.7. The number of benzene rings is 1. The number of hydrogen-bond donors (Lipinski definition) is 1. The zero-order valence-electron chi connectivity index (χ0n) is 17.4.